The maximum Gasteiger partial charge on any atom is 0.278 e. The minimum Gasteiger partial charge on any atom is -0.335 e. The topological polar surface area (TPSA) is 40.6 Å². The van der Waals surface area contributed by atoms with E-state index < -0.39 is 17.5 Å². The standard InChI is InChI=1S/C12H12F2N2O2S/c13-8-1-2-10(14)9(7-8)11(17)15-3-5-16(6-4-15)12(18)19/h1-2,7H,3-6H2,(H,18,19). The summed E-state index contributed by atoms with van der Waals surface area (Å²) in [6, 6.07) is 2.77. The van der Waals surface area contributed by atoms with Gasteiger partial charge in [-0.15, -0.1) is 0 Å². The summed E-state index contributed by atoms with van der Waals surface area (Å²) in [7, 11) is 0. The molecule has 1 heterocycles. The number of carbonyl (C=O) groups excluding carboxylic acids is 2. The highest BCUT2D eigenvalue weighted by Crippen LogP contribution is 2.14. The van der Waals surface area contributed by atoms with E-state index in [1.54, 1.807) is 0 Å². The molecule has 0 spiro atoms. The van der Waals surface area contributed by atoms with Crippen molar-refractivity contribution in [1.82, 2.24) is 9.80 Å². The number of halogens is 2. The molecule has 0 aliphatic carbocycles. The largest absolute Gasteiger partial charge is 0.335 e. The minimum atomic E-state index is -0.751. The second-order valence-corrected chi connectivity index (χ2v) is 4.57. The van der Waals surface area contributed by atoms with Crippen molar-refractivity contribution < 1.29 is 18.4 Å². The summed E-state index contributed by atoms with van der Waals surface area (Å²) in [5.41, 5.74) is -0.286. The van der Waals surface area contributed by atoms with Crippen LogP contribution in [0.5, 0.6) is 0 Å². The number of rotatable bonds is 1. The minimum absolute atomic E-state index is 0.279. The zero-order valence-corrected chi connectivity index (χ0v) is 10.9. The molecule has 1 aliphatic rings. The van der Waals surface area contributed by atoms with Crippen LogP contribution in [0, 0.1) is 11.6 Å². The SMILES string of the molecule is O=C(S)N1CCN(C(=O)c2cc(F)ccc2F)CC1. The Bertz CT molecular complexity index is 516. The molecule has 0 N–H and O–H groups in total. The zero-order chi connectivity index (χ0) is 14.0. The van der Waals surface area contributed by atoms with Crippen molar-refractivity contribution in [3.8, 4) is 0 Å². The van der Waals surface area contributed by atoms with Gasteiger partial charge in [-0.2, -0.15) is 0 Å². The monoisotopic (exact) mass is 286 g/mol. The van der Waals surface area contributed by atoms with Crippen LogP contribution in [0.3, 0.4) is 0 Å². The number of benzene rings is 1. The Labute approximate surface area is 114 Å². The first kappa shape index (κ1) is 13.8. The van der Waals surface area contributed by atoms with Gasteiger partial charge in [-0.05, 0) is 18.2 Å². The van der Waals surface area contributed by atoms with E-state index in [-0.39, 0.29) is 23.9 Å². The molecule has 102 valence electrons. The number of hydrogen-bond acceptors (Lipinski definition) is 2. The number of carbonyl (C=O) groups is 2. The fraction of sp³-hybridized carbons (Fsp3) is 0.333. The van der Waals surface area contributed by atoms with Gasteiger partial charge in [0.2, 0.25) is 0 Å². The van der Waals surface area contributed by atoms with Gasteiger partial charge >= 0.3 is 0 Å². The smallest absolute Gasteiger partial charge is 0.278 e. The molecule has 1 saturated heterocycles. The van der Waals surface area contributed by atoms with Crippen LogP contribution in [0.1, 0.15) is 10.4 Å². The van der Waals surface area contributed by atoms with Gasteiger partial charge in [-0.25, -0.2) is 8.78 Å². The van der Waals surface area contributed by atoms with E-state index in [1.165, 1.54) is 9.80 Å². The molecule has 1 fully saturated rings. The van der Waals surface area contributed by atoms with Gasteiger partial charge in [0.15, 0.2) is 0 Å². The molecular weight excluding hydrogens is 274 g/mol. The summed E-state index contributed by atoms with van der Waals surface area (Å²) in [4.78, 5) is 25.9. The number of piperazine rings is 1. The second kappa shape index (κ2) is 5.56. The van der Waals surface area contributed by atoms with Crippen LogP contribution < -0.4 is 0 Å². The van der Waals surface area contributed by atoms with Gasteiger partial charge in [-0.1, -0.05) is 12.6 Å². The highest BCUT2D eigenvalue weighted by atomic mass is 32.1. The summed E-state index contributed by atoms with van der Waals surface area (Å²) in [5, 5.41) is -0.357. The Kier molecular flexibility index (Phi) is 4.04. The van der Waals surface area contributed by atoms with E-state index in [2.05, 4.69) is 12.6 Å². The van der Waals surface area contributed by atoms with Gasteiger partial charge < -0.3 is 9.80 Å². The van der Waals surface area contributed by atoms with Crippen LogP contribution in [-0.4, -0.2) is 47.1 Å². The van der Waals surface area contributed by atoms with Crippen molar-refractivity contribution in [2.24, 2.45) is 0 Å². The predicted molar refractivity (Wildman–Crippen MR) is 68.2 cm³/mol. The van der Waals surface area contributed by atoms with E-state index in [0.29, 0.717) is 13.1 Å². The van der Waals surface area contributed by atoms with Crippen molar-refractivity contribution in [2.45, 2.75) is 0 Å². The Hall–Kier alpha value is -1.63. The van der Waals surface area contributed by atoms with E-state index in [9.17, 15) is 18.4 Å². The summed E-state index contributed by atoms with van der Waals surface area (Å²) in [6.45, 7) is 1.23. The number of hydrogen-bond donors (Lipinski definition) is 1. The molecule has 0 radical (unpaired) electrons. The number of amides is 2. The Morgan fingerprint density at radius 3 is 2.21 bits per heavy atom. The second-order valence-electron chi connectivity index (χ2n) is 4.19. The van der Waals surface area contributed by atoms with Crippen LogP contribution in [-0.2, 0) is 0 Å². The van der Waals surface area contributed by atoms with Gasteiger partial charge in [0.1, 0.15) is 11.6 Å². The van der Waals surface area contributed by atoms with Crippen molar-refractivity contribution in [3.05, 3.63) is 35.4 Å². The Morgan fingerprint density at radius 1 is 1.05 bits per heavy atom. The van der Waals surface area contributed by atoms with E-state index >= 15 is 0 Å². The van der Waals surface area contributed by atoms with E-state index in [0.717, 1.165) is 18.2 Å². The first-order valence-electron chi connectivity index (χ1n) is 5.71. The normalized spacial score (nSPS) is 15.5. The summed E-state index contributed by atoms with van der Waals surface area (Å²) in [6.07, 6.45) is 0. The molecule has 1 aliphatic heterocycles. The molecule has 1 aromatic rings. The lowest BCUT2D eigenvalue weighted by molar-refractivity contribution is 0.0672. The lowest BCUT2D eigenvalue weighted by Gasteiger charge is -2.33. The fourth-order valence-electron chi connectivity index (χ4n) is 1.93. The van der Waals surface area contributed by atoms with Crippen LogP contribution in [0.2, 0.25) is 0 Å². The highest BCUT2D eigenvalue weighted by molar-refractivity contribution is 7.96. The molecule has 0 aromatic heterocycles. The third-order valence-corrected chi connectivity index (χ3v) is 3.28. The molecule has 2 rings (SSSR count). The molecule has 0 unspecified atom stereocenters. The molecule has 0 atom stereocenters. The Balaban J connectivity index is 2.09. The fourth-order valence-corrected chi connectivity index (χ4v) is 2.13. The van der Waals surface area contributed by atoms with E-state index in [1.807, 2.05) is 0 Å². The lowest BCUT2D eigenvalue weighted by Crippen LogP contribution is -2.49. The number of nitrogens with zero attached hydrogens (tertiary/aromatic N) is 2. The van der Waals surface area contributed by atoms with Crippen molar-refractivity contribution >= 4 is 23.8 Å². The van der Waals surface area contributed by atoms with Crippen LogP contribution in [0.4, 0.5) is 13.6 Å². The third kappa shape index (κ3) is 3.04. The van der Waals surface area contributed by atoms with Crippen molar-refractivity contribution in [1.29, 1.82) is 0 Å². The lowest BCUT2D eigenvalue weighted by atomic mass is 10.1. The molecule has 0 bridgehead atoms. The molecule has 19 heavy (non-hydrogen) atoms. The van der Waals surface area contributed by atoms with Gasteiger partial charge in [0.25, 0.3) is 11.1 Å². The molecule has 4 nitrogen and oxygen atoms in total. The zero-order valence-electron chi connectivity index (χ0n) is 9.97. The molecule has 7 heteroatoms. The van der Waals surface area contributed by atoms with Crippen molar-refractivity contribution in [2.75, 3.05) is 26.2 Å². The van der Waals surface area contributed by atoms with Crippen LogP contribution in [0.15, 0.2) is 18.2 Å². The molecule has 1 aromatic carbocycles. The molecule has 0 saturated carbocycles. The average molecular weight is 286 g/mol. The number of thiol groups is 1. The highest BCUT2D eigenvalue weighted by Gasteiger charge is 2.25. The maximum atomic E-state index is 13.5. The quantitative estimate of drug-likeness (QED) is 0.799. The van der Waals surface area contributed by atoms with Gasteiger partial charge in [-0.3, -0.25) is 9.59 Å². The van der Waals surface area contributed by atoms with Gasteiger partial charge in [0.05, 0.1) is 5.56 Å². The van der Waals surface area contributed by atoms with Crippen LogP contribution in [0.25, 0.3) is 0 Å². The Morgan fingerprint density at radius 2 is 1.63 bits per heavy atom. The molecule has 2 amide bonds. The van der Waals surface area contributed by atoms with Crippen LogP contribution >= 0.6 is 12.6 Å². The van der Waals surface area contributed by atoms with Gasteiger partial charge in [0, 0.05) is 26.2 Å². The van der Waals surface area contributed by atoms with Crippen molar-refractivity contribution in [3.63, 3.8) is 0 Å². The first-order valence-corrected chi connectivity index (χ1v) is 6.16. The third-order valence-electron chi connectivity index (χ3n) is 3.00. The maximum absolute atomic E-state index is 13.5. The summed E-state index contributed by atoms with van der Waals surface area (Å²) >= 11 is 3.70. The predicted octanol–water partition coefficient (Wildman–Crippen LogP) is 1.77. The average Bonchev–Trinajstić information content (AvgIpc) is 2.41. The molecular formula is C12H12F2N2O2S. The first-order chi connectivity index (χ1) is 8.99. The summed E-state index contributed by atoms with van der Waals surface area (Å²) in [5.74, 6) is -1.98. The van der Waals surface area contributed by atoms with E-state index in [4.69, 9.17) is 0 Å². The summed E-state index contributed by atoms with van der Waals surface area (Å²) < 4.78 is 26.5.